The van der Waals surface area contributed by atoms with E-state index in [1.165, 1.54) is 0 Å². The fourth-order valence-electron chi connectivity index (χ4n) is 0.898. The molecule has 0 saturated carbocycles. The molecule has 66 valence electrons. The van der Waals surface area contributed by atoms with E-state index in [9.17, 15) is 19.6 Å². The van der Waals surface area contributed by atoms with Crippen LogP contribution in [0, 0.1) is 5.21 Å². The highest BCUT2D eigenvalue weighted by molar-refractivity contribution is 5.99. The Morgan fingerprint density at radius 3 is 2.58 bits per heavy atom. The third-order valence-corrected chi connectivity index (χ3v) is 1.47. The van der Waals surface area contributed by atoms with Crippen molar-refractivity contribution in [2.45, 2.75) is 12.5 Å². The standard InChI is InChI=1S/C5H6N2O5/c8-3(9)1-2-4(10)6-5(11)7(2)12/h2,7H,1H2,(H,8,9)(H,6,10,11). The second-order valence-corrected chi connectivity index (χ2v) is 2.33. The Balaban J connectivity index is 2.70. The Bertz CT molecular complexity index is 250. The van der Waals surface area contributed by atoms with E-state index in [1.807, 2.05) is 0 Å². The van der Waals surface area contributed by atoms with Gasteiger partial charge in [0.1, 0.15) is 6.42 Å². The van der Waals surface area contributed by atoms with Gasteiger partial charge in [-0.15, -0.1) is 0 Å². The number of rotatable bonds is 2. The third kappa shape index (κ3) is 1.41. The maximum atomic E-state index is 10.8. The molecular weight excluding hydrogens is 168 g/mol. The summed E-state index contributed by atoms with van der Waals surface area (Å²) < 4.78 is 0. The van der Waals surface area contributed by atoms with Crippen molar-refractivity contribution in [1.29, 1.82) is 0 Å². The summed E-state index contributed by atoms with van der Waals surface area (Å²) in [6.45, 7) is 0. The van der Waals surface area contributed by atoms with Gasteiger partial charge in [-0.1, -0.05) is 0 Å². The van der Waals surface area contributed by atoms with Crippen molar-refractivity contribution in [3.8, 4) is 0 Å². The van der Waals surface area contributed by atoms with Crippen molar-refractivity contribution in [1.82, 2.24) is 5.32 Å². The quantitative estimate of drug-likeness (QED) is 0.315. The van der Waals surface area contributed by atoms with Crippen molar-refractivity contribution in [3.63, 3.8) is 0 Å². The predicted octanol–water partition coefficient (Wildman–Crippen LogP) is -2.54. The van der Waals surface area contributed by atoms with Crippen LogP contribution in [0.3, 0.4) is 0 Å². The highest BCUT2D eigenvalue weighted by Gasteiger charge is 2.40. The Morgan fingerprint density at radius 2 is 2.25 bits per heavy atom. The number of carboxylic acid groups (broad SMARTS) is 1. The number of quaternary nitrogens is 1. The molecule has 0 aromatic carbocycles. The second-order valence-electron chi connectivity index (χ2n) is 2.33. The maximum Gasteiger partial charge on any atom is 0.422 e. The molecule has 2 unspecified atom stereocenters. The molecule has 7 heteroatoms. The molecule has 3 N–H and O–H groups in total. The van der Waals surface area contributed by atoms with Gasteiger partial charge in [0.05, 0.1) is 0 Å². The van der Waals surface area contributed by atoms with Gasteiger partial charge in [0.25, 0.3) is 5.91 Å². The Labute approximate surface area is 66.5 Å². The summed E-state index contributed by atoms with van der Waals surface area (Å²) in [7, 11) is 0. The van der Waals surface area contributed by atoms with Gasteiger partial charge in [-0.3, -0.25) is 14.7 Å². The highest BCUT2D eigenvalue weighted by Crippen LogP contribution is 1.92. The minimum absolute atomic E-state index is 0.629. The molecule has 2 atom stereocenters. The zero-order valence-electron chi connectivity index (χ0n) is 5.86. The number of carboxylic acids is 1. The monoisotopic (exact) mass is 174 g/mol. The molecule has 1 aliphatic rings. The van der Waals surface area contributed by atoms with Crippen LogP contribution in [0.2, 0.25) is 0 Å². The number of carbonyl (C=O) groups is 3. The van der Waals surface area contributed by atoms with Crippen LogP contribution in [0.1, 0.15) is 6.42 Å². The zero-order chi connectivity index (χ0) is 9.30. The van der Waals surface area contributed by atoms with Crippen LogP contribution in [-0.2, 0) is 9.59 Å². The van der Waals surface area contributed by atoms with Gasteiger partial charge in [-0.2, -0.15) is 0 Å². The summed E-state index contributed by atoms with van der Waals surface area (Å²) >= 11 is 0. The average molecular weight is 174 g/mol. The van der Waals surface area contributed by atoms with Crippen molar-refractivity contribution in [2.24, 2.45) is 0 Å². The SMILES string of the molecule is O=C(O)CC1C(=O)NC(=O)[NH+]1[O-]. The van der Waals surface area contributed by atoms with E-state index in [0.717, 1.165) is 0 Å². The lowest BCUT2D eigenvalue weighted by molar-refractivity contribution is -0.770. The lowest BCUT2D eigenvalue weighted by atomic mass is 10.2. The number of hydrogen-bond acceptors (Lipinski definition) is 4. The smallest absolute Gasteiger partial charge is 0.422 e. The first-order chi connectivity index (χ1) is 5.52. The normalized spacial score (nSPS) is 28.8. The van der Waals surface area contributed by atoms with Gasteiger partial charge in [0, 0.05) is 0 Å². The Hall–Kier alpha value is -1.47. The fraction of sp³-hybridized carbons (Fsp3) is 0.400. The molecule has 1 saturated heterocycles. The summed E-state index contributed by atoms with van der Waals surface area (Å²) in [5.74, 6) is -2.11. The van der Waals surface area contributed by atoms with Crippen LogP contribution in [0.15, 0.2) is 0 Å². The third-order valence-electron chi connectivity index (χ3n) is 1.47. The van der Waals surface area contributed by atoms with E-state index in [4.69, 9.17) is 5.11 Å². The summed E-state index contributed by atoms with van der Waals surface area (Å²) in [6.07, 6.45) is -0.629. The first-order valence-corrected chi connectivity index (χ1v) is 3.13. The number of urea groups is 1. The van der Waals surface area contributed by atoms with Gasteiger partial charge in [-0.05, 0) is 0 Å². The molecule has 3 amide bonds. The van der Waals surface area contributed by atoms with Gasteiger partial charge in [0.2, 0.25) is 0 Å². The minimum Gasteiger partial charge on any atom is -0.625 e. The molecule has 0 spiro atoms. The molecule has 1 fully saturated rings. The zero-order valence-corrected chi connectivity index (χ0v) is 5.86. The van der Waals surface area contributed by atoms with E-state index in [0.29, 0.717) is 0 Å². The van der Waals surface area contributed by atoms with Crippen molar-refractivity contribution in [2.75, 3.05) is 0 Å². The van der Waals surface area contributed by atoms with Gasteiger partial charge >= 0.3 is 12.0 Å². The van der Waals surface area contributed by atoms with Gasteiger partial charge in [0.15, 0.2) is 6.04 Å². The van der Waals surface area contributed by atoms with Crippen LogP contribution in [0.4, 0.5) is 4.79 Å². The molecular formula is C5H6N2O5. The Kier molecular flexibility index (Phi) is 2.07. The van der Waals surface area contributed by atoms with E-state index in [-0.39, 0.29) is 0 Å². The van der Waals surface area contributed by atoms with Gasteiger partial charge < -0.3 is 10.3 Å². The van der Waals surface area contributed by atoms with Crippen LogP contribution in [0.5, 0.6) is 0 Å². The number of hydroxylamine groups is 2. The van der Waals surface area contributed by atoms with Crippen molar-refractivity contribution < 1.29 is 24.6 Å². The van der Waals surface area contributed by atoms with E-state index < -0.39 is 35.4 Å². The molecule has 0 aromatic rings. The van der Waals surface area contributed by atoms with Crippen LogP contribution in [-0.4, -0.2) is 29.1 Å². The molecule has 0 radical (unpaired) electrons. The fourth-order valence-corrected chi connectivity index (χ4v) is 0.898. The molecule has 12 heavy (non-hydrogen) atoms. The molecule has 7 nitrogen and oxygen atoms in total. The lowest BCUT2D eigenvalue weighted by Gasteiger charge is -2.15. The molecule has 1 aliphatic heterocycles. The summed E-state index contributed by atoms with van der Waals surface area (Å²) in [4.78, 5) is 31.3. The molecule has 1 heterocycles. The maximum absolute atomic E-state index is 10.8. The first kappa shape index (κ1) is 8.62. The highest BCUT2D eigenvalue weighted by atomic mass is 16.5. The van der Waals surface area contributed by atoms with E-state index in [1.54, 1.807) is 5.32 Å². The molecule has 0 aromatic heterocycles. The molecule has 1 rings (SSSR count). The van der Waals surface area contributed by atoms with Gasteiger partial charge in [-0.25, -0.2) is 10.1 Å². The largest absolute Gasteiger partial charge is 0.625 e. The summed E-state index contributed by atoms with van der Waals surface area (Å²) in [6, 6.07) is -2.36. The Morgan fingerprint density at radius 1 is 1.67 bits per heavy atom. The number of nitrogens with one attached hydrogen (secondary N) is 2. The average Bonchev–Trinajstić information content (AvgIpc) is 2.16. The second kappa shape index (κ2) is 2.88. The van der Waals surface area contributed by atoms with Crippen molar-refractivity contribution in [3.05, 3.63) is 5.21 Å². The number of amides is 3. The number of carbonyl (C=O) groups excluding carboxylic acids is 2. The molecule has 0 aliphatic carbocycles. The number of aliphatic carboxylic acids is 1. The number of imide groups is 1. The first-order valence-electron chi connectivity index (χ1n) is 3.13. The lowest BCUT2D eigenvalue weighted by Crippen LogP contribution is -3.12. The topological polar surface area (TPSA) is 111 Å². The minimum atomic E-state index is -1.34. The van der Waals surface area contributed by atoms with Crippen LogP contribution >= 0.6 is 0 Å². The van der Waals surface area contributed by atoms with E-state index in [2.05, 4.69) is 0 Å². The summed E-state index contributed by atoms with van der Waals surface area (Å²) in [5, 5.41) is 19.8. The number of hydrogen-bond donors (Lipinski definition) is 3. The predicted molar refractivity (Wildman–Crippen MR) is 33.9 cm³/mol. The van der Waals surface area contributed by atoms with Crippen LogP contribution < -0.4 is 10.4 Å². The molecule has 0 bridgehead atoms. The van der Waals surface area contributed by atoms with Crippen LogP contribution in [0.25, 0.3) is 0 Å². The van der Waals surface area contributed by atoms with E-state index >= 15 is 0 Å². The summed E-state index contributed by atoms with van der Waals surface area (Å²) in [5.41, 5.74) is 0. The van der Waals surface area contributed by atoms with Crippen molar-refractivity contribution >= 4 is 17.9 Å².